The predicted octanol–water partition coefficient (Wildman–Crippen LogP) is 1.04. The number of imidazole rings is 1. The van der Waals surface area contributed by atoms with Gasteiger partial charge in [0.05, 0.1) is 6.33 Å². The minimum Gasteiger partial charge on any atom is -0.341 e. The molecule has 0 aliphatic carbocycles. The van der Waals surface area contributed by atoms with Crippen molar-refractivity contribution in [2.24, 2.45) is 0 Å². The first-order chi connectivity index (χ1) is 8.15. The number of hydrogen-bond acceptors (Lipinski definition) is 5. The molecule has 6 nitrogen and oxygen atoms in total. The van der Waals surface area contributed by atoms with Crippen LogP contribution in [0, 0.1) is 0 Å². The number of nitrogens with one attached hydrogen (secondary N) is 1. The summed E-state index contributed by atoms with van der Waals surface area (Å²) < 4.78 is 0. The summed E-state index contributed by atoms with van der Waals surface area (Å²) in [4.78, 5) is 28.3. The van der Waals surface area contributed by atoms with Crippen LogP contribution in [-0.4, -0.2) is 37.6 Å². The number of nitrogens with zero attached hydrogens (tertiary/aromatic N) is 4. The Hall–Kier alpha value is -1.34. The molecule has 1 saturated heterocycles. The van der Waals surface area contributed by atoms with Crippen molar-refractivity contribution in [1.29, 1.82) is 0 Å². The van der Waals surface area contributed by atoms with Gasteiger partial charge in [0, 0.05) is 18.2 Å². The second-order valence-electron chi connectivity index (χ2n) is 3.78. The number of rotatable bonds is 1. The van der Waals surface area contributed by atoms with Crippen molar-refractivity contribution in [2.75, 3.05) is 11.4 Å². The van der Waals surface area contributed by atoms with Gasteiger partial charge in [0.2, 0.25) is 11.9 Å². The van der Waals surface area contributed by atoms with Gasteiger partial charge in [0.1, 0.15) is 5.52 Å². The van der Waals surface area contributed by atoms with Crippen molar-refractivity contribution >= 4 is 47.2 Å². The molecule has 0 spiro atoms. The van der Waals surface area contributed by atoms with Crippen molar-refractivity contribution in [3.8, 4) is 0 Å². The van der Waals surface area contributed by atoms with Gasteiger partial charge in [-0.05, 0) is 0 Å². The zero-order valence-corrected chi connectivity index (χ0v) is 10.2. The van der Waals surface area contributed by atoms with Crippen LogP contribution < -0.4 is 4.90 Å². The van der Waals surface area contributed by atoms with Crippen molar-refractivity contribution < 1.29 is 4.79 Å². The molecule has 2 aromatic heterocycles. The minimum atomic E-state index is -0.0454. The molecule has 0 saturated carbocycles. The second kappa shape index (κ2) is 3.85. The summed E-state index contributed by atoms with van der Waals surface area (Å²) >= 11 is 10.3. The van der Waals surface area contributed by atoms with Crippen LogP contribution in [-0.2, 0) is 4.79 Å². The lowest BCUT2D eigenvalue weighted by Gasteiger charge is -2.13. The average molecular weight is 270 g/mol. The highest BCUT2D eigenvalue weighted by Gasteiger charge is 2.30. The molecule has 1 fully saturated rings. The van der Waals surface area contributed by atoms with E-state index < -0.39 is 0 Å². The van der Waals surface area contributed by atoms with E-state index in [2.05, 4.69) is 32.6 Å². The van der Waals surface area contributed by atoms with E-state index in [4.69, 9.17) is 11.6 Å². The number of H-pyrrole nitrogens is 1. The fraction of sp³-hybridized carbons (Fsp3) is 0.333. The summed E-state index contributed by atoms with van der Waals surface area (Å²) in [5.74, 6) is 0.243. The molecule has 3 rings (SSSR count). The van der Waals surface area contributed by atoms with Gasteiger partial charge in [-0.3, -0.25) is 9.69 Å². The minimum absolute atomic E-state index is 0.0137. The first kappa shape index (κ1) is 10.8. The van der Waals surface area contributed by atoms with Crippen LogP contribution in [0.4, 0.5) is 5.95 Å². The highest BCUT2D eigenvalue weighted by atomic mass is 35.5. The topological polar surface area (TPSA) is 74.8 Å². The van der Waals surface area contributed by atoms with Crippen molar-refractivity contribution in [2.45, 2.75) is 11.7 Å². The Labute approximate surface area is 107 Å². The van der Waals surface area contributed by atoms with Crippen LogP contribution >= 0.6 is 24.2 Å². The zero-order valence-electron chi connectivity index (χ0n) is 8.59. The van der Waals surface area contributed by atoms with E-state index in [0.29, 0.717) is 24.1 Å². The maximum absolute atomic E-state index is 11.7. The molecule has 1 aliphatic rings. The Morgan fingerprint density at radius 3 is 3.06 bits per heavy atom. The van der Waals surface area contributed by atoms with Gasteiger partial charge in [-0.15, -0.1) is 0 Å². The third-order valence-corrected chi connectivity index (χ3v) is 3.20. The standard InChI is InChI=1S/C9H8ClN5OS/c10-7-6-8(12-3-11-6)14-9(13-7)15-2-4(17)1-5(15)16/h3-4,17H,1-2H2,(H,11,12,13,14). The van der Waals surface area contributed by atoms with E-state index in [-0.39, 0.29) is 22.3 Å². The Bertz CT molecular complexity index is 600. The van der Waals surface area contributed by atoms with E-state index in [1.165, 1.54) is 11.2 Å². The van der Waals surface area contributed by atoms with E-state index >= 15 is 0 Å². The monoisotopic (exact) mass is 269 g/mol. The Balaban J connectivity index is 2.08. The summed E-state index contributed by atoms with van der Waals surface area (Å²) in [6.45, 7) is 0.494. The fourth-order valence-corrected chi connectivity index (χ4v) is 2.32. The molecule has 1 unspecified atom stereocenters. The van der Waals surface area contributed by atoms with Crippen molar-refractivity contribution in [3.05, 3.63) is 11.5 Å². The van der Waals surface area contributed by atoms with Gasteiger partial charge in [-0.1, -0.05) is 11.6 Å². The molecule has 8 heteroatoms. The molecule has 88 valence electrons. The highest BCUT2D eigenvalue weighted by Crippen LogP contribution is 2.25. The molecular formula is C9H8ClN5OS. The summed E-state index contributed by atoms with van der Waals surface area (Å²) in [5, 5.41) is 0.276. The highest BCUT2D eigenvalue weighted by molar-refractivity contribution is 7.81. The van der Waals surface area contributed by atoms with E-state index in [9.17, 15) is 4.79 Å². The van der Waals surface area contributed by atoms with Crippen LogP contribution in [0.2, 0.25) is 5.15 Å². The summed E-state index contributed by atoms with van der Waals surface area (Å²) in [7, 11) is 0. The van der Waals surface area contributed by atoms with E-state index in [0.717, 1.165) is 0 Å². The number of hydrogen-bond donors (Lipinski definition) is 2. The molecule has 1 atom stereocenters. The maximum atomic E-state index is 11.7. The third-order valence-electron chi connectivity index (χ3n) is 2.58. The Morgan fingerprint density at radius 1 is 1.53 bits per heavy atom. The number of amides is 1. The maximum Gasteiger partial charge on any atom is 0.235 e. The van der Waals surface area contributed by atoms with E-state index in [1.807, 2.05) is 0 Å². The summed E-state index contributed by atoms with van der Waals surface area (Å²) in [5.41, 5.74) is 1.03. The van der Waals surface area contributed by atoms with Crippen molar-refractivity contribution in [3.63, 3.8) is 0 Å². The molecule has 2 aromatic rings. The predicted molar refractivity (Wildman–Crippen MR) is 66.4 cm³/mol. The fourth-order valence-electron chi connectivity index (χ4n) is 1.79. The quantitative estimate of drug-likeness (QED) is 0.599. The second-order valence-corrected chi connectivity index (χ2v) is 4.87. The smallest absolute Gasteiger partial charge is 0.235 e. The lowest BCUT2D eigenvalue weighted by molar-refractivity contribution is -0.117. The molecule has 0 bridgehead atoms. The zero-order chi connectivity index (χ0) is 12.0. The third kappa shape index (κ3) is 1.75. The first-order valence-corrected chi connectivity index (χ1v) is 5.89. The van der Waals surface area contributed by atoms with Gasteiger partial charge in [-0.25, -0.2) is 4.98 Å². The Morgan fingerprint density at radius 2 is 2.35 bits per heavy atom. The van der Waals surface area contributed by atoms with Crippen LogP contribution in [0.1, 0.15) is 6.42 Å². The molecule has 1 amide bonds. The number of anilines is 1. The van der Waals surface area contributed by atoms with Gasteiger partial charge < -0.3 is 4.98 Å². The van der Waals surface area contributed by atoms with Gasteiger partial charge in [0.25, 0.3) is 0 Å². The number of aromatic amines is 1. The van der Waals surface area contributed by atoms with Crippen LogP contribution in [0.5, 0.6) is 0 Å². The molecular weight excluding hydrogens is 262 g/mol. The normalized spacial score (nSPS) is 20.5. The van der Waals surface area contributed by atoms with Gasteiger partial charge in [0.15, 0.2) is 10.8 Å². The van der Waals surface area contributed by atoms with Crippen LogP contribution in [0.3, 0.4) is 0 Å². The molecule has 1 aliphatic heterocycles. The molecule has 0 radical (unpaired) electrons. The number of halogens is 1. The van der Waals surface area contributed by atoms with Crippen molar-refractivity contribution in [1.82, 2.24) is 19.9 Å². The first-order valence-electron chi connectivity index (χ1n) is 5.00. The summed E-state index contributed by atoms with van der Waals surface area (Å²) in [6, 6.07) is 0. The van der Waals surface area contributed by atoms with Gasteiger partial charge >= 0.3 is 0 Å². The van der Waals surface area contributed by atoms with E-state index in [1.54, 1.807) is 0 Å². The number of carbonyl (C=O) groups excluding carboxylic acids is 1. The summed E-state index contributed by atoms with van der Waals surface area (Å²) in [6.07, 6.45) is 1.88. The lowest BCUT2D eigenvalue weighted by Crippen LogP contribution is -2.26. The number of aromatic nitrogens is 4. The van der Waals surface area contributed by atoms with Crippen LogP contribution in [0.25, 0.3) is 11.2 Å². The van der Waals surface area contributed by atoms with Gasteiger partial charge in [-0.2, -0.15) is 22.6 Å². The molecule has 1 N–H and O–H groups in total. The number of fused-ring (bicyclic) bond motifs is 1. The Kier molecular flexibility index (Phi) is 2.44. The van der Waals surface area contributed by atoms with Crippen LogP contribution in [0.15, 0.2) is 6.33 Å². The molecule has 0 aromatic carbocycles. The lowest BCUT2D eigenvalue weighted by atomic mass is 10.4. The number of carbonyl (C=O) groups is 1. The largest absolute Gasteiger partial charge is 0.341 e. The average Bonchev–Trinajstić information content (AvgIpc) is 2.84. The molecule has 17 heavy (non-hydrogen) atoms. The number of thiol groups is 1. The molecule has 3 heterocycles. The SMILES string of the molecule is O=C1CC(S)CN1c1nc(Cl)c2[nH]cnc2n1.